The average molecular weight is 288 g/mol. The minimum Gasteiger partial charge on any atom is -0.325 e. The Bertz CT molecular complexity index is 534. The van der Waals surface area contributed by atoms with E-state index in [1.807, 2.05) is 36.2 Å². The number of anilines is 1. The lowest BCUT2D eigenvalue weighted by Crippen LogP contribution is -2.29. The summed E-state index contributed by atoms with van der Waals surface area (Å²) in [5, 5.41) is 7.09. The molecule has 1 amide bonds. The summed E-state index contributed by atoms with van der Waals surface area (Å²) in [5.41, 5.74) is 3.38. The van der Waals surface area contributed by atoms with E-state index in [2.05, 4.69) is 29.1 Å². The van der Waals surface area contributed by atoms with Crippen LogP contribution in [0.5, 0.6) is 0 Å². The van der Waals surface area contributed by atoms with Crippen molar-refractivity contribution in [3.63, 3.8) is 0 Å². The Morgan fingerprint density at radius 2 is 1.95 bits per heavy atom. The molecule has 0 radical (unpaired) electrons. The number of rotatable bonds is 6. The lowest BCUT2D eigenvalue weighted by atomic mass is 10.1. The Labute approximate surface area is 124 Å². The van der Waals surface area contributed by atoms with E-state index >= 15 is 0 Å². The van der Waals surface area contributed by atoms with Crippen LogP contribution < -0.4 is 5.32 Å². The number of nitrogens with zero attached hydrogens (tertiary/aromatic N) is 1. The molecule has 2 aromatic rings. The number of aryl methyl sites for hydroxylation is 1. The van der Waals surface area contributed by atoms with E-state index < -0.39 is 0 Å². The van der Waals surface area contributed by atoms with Gasteiger partial charge in [0.1, 0.15) is 0 Å². The summed E-state index contributed by atoms with van der Waals surface area (Å²) in [4.78, 5) is 14.0. The average Bonchev–Trinajstić information content (AvgIpc) is 2.92. The molecule has 4 heteroatoms. The summed E-state index contributed by atoms with van der Waals surface area (Å²) in [6, 6.07) is 10.1. The van der Waals surface area contributed by atoms with Crippen molar-refractivity contribution in [1.29, 1.82) is 0 Å². The van der Waals surface area contributed by atoms with Crippen molar-refractivity contribution >= 4 is 22.9 Å². The lowest BCUT2D eigenvalue weighted by Gasteiger charge is -2.15. The third-order valence-corrected chi connectivity index (χ3v) is 3.82. The molecule has 1 heterocycles. The molecule has 0 saturated heterocycles. The third kappa shape index (κ3) is 4.47. The summed E-state index contributed by atoms with van der Waals surface area (Å²) >= 11 is 1.68. The van der Waals surface area contributed by atoms with Gasteiger partial charge in [0.15, 0.2) is 0 Å². The first-order chi connectivity index (χ1) is 9.67. The van der Waals surface area contributed by atoms with Crippen molar-refractivity contribution in [1.82, 2.24) is 4.90 Å². The number of amides is 1. The molecule has 106 valence electrons. The van der Waals surface area contributed by atoms with Crippen LogP contribution in [-0.2, 0) is 17.8 Å². The third-order valence-electron chi connectivity index (χ3n) is 3.09. The first-order valence-electron chi connectivity index (χ1n) is 6.76. The van der Waals surface area contributed by atoms with Crippen LogP contribution in [-0.4, -0.2) is 24.4 Å². The highest BCUT2D eigenvalue weighted by Gasteiger charge is 2.07. The van der Waals surface area contributed by atoms with Crippen molar-refractivity contribution in [3.8, 4) is 0 Å². The maximum atomic E-state index is 12.0. The van der Waals surface area contributed by atoms with E-state index in [1.165, 1.54) is 11.1 Å². The summed E-state index contributed by atoms with van der Waals surface area (Å²) in [5.74, 6) is 0.0204. The van der Waals surface area contributed by atoms with Gasteiger partial charge in [0, 0.05) is 12.2 Å². The molecule has 0 aliphatic heterocycles. The van der Waals surface area contributed by atoms with Crippen molar-refractivity contribution < 1.29 is 4.79 Å². The second kappa shape index (κ2) is 7.22. The second-order valence-electron chi connectivity index (χ2n) is 4.90. The topological polar surface area (TPSA) is 32.3 Å². The highest BCUT2D eigenvalue weighted by molar-refractivity contribution is 7.07. The Morgan fingerprint density at radius 1 is 1.20 bits per heavy atom. The maximum Gasteiger partial charge on any atom is 0.238 e. The Hall–Kier alpha value is -1.65. The van der Waals surface area contributed by atoms with Crippen LogP contribution in [0.2, 0.25) is 0 Å². The molecule has 0 atom stereocenters. The molecule has 3 nitrogen and oxygen atoms in total. The normalized spacial score (nSPS) is 10.8. The summed E-state index contributed by atoms with van der Waals surface area (Å²) in [6.07, 6.45) is 1.01. The molecular weight excluding hydrogens is 268 g/mol. The van der Waals surface area contributed by atoms with Gasteiger partial charge in [-0.2, -0.15) is 11.3 Å². The van der Waals surface area contributed by atoms with Crippen LogP contribution in [0.3, 0.4) is 0 Å². The Morgan fingerprint density at radius 3 is 2.55 bits per heavy atom. The van der Waals surface area contributed by atoms with E-state index in [0.717, 1.165) is 18.7 Å². The van der Waals surface area contributed by atoms with Crippen molar-refractivity contribution in [2.45, 2.75) is 19.9 Å². The van der Waals surface area contributed by atoms with Crippen LogP contribution >= 0.6 is 11.3 Å². The van der Waals surface area contributed by atoms with Crippen LogP contribution in [0.1, 0.15) is 18.1 Å². The molecule has 1 N–H and O–H groups in total. The molecule has 1 aromatic heterocycles. The standard InChI is InChI=1S/C16H20N2OS/c1-3-13-4-6-15(7-5-13)17-16(19)11-18(2)10-14-8-9-20-12-14/h4-9,12H,3,10-11H2,1-2H3,(H,17,19). The summed E-state index contributed by atoms with van der Waals surface area (Å²) in [7, 11) is 1.96. The van der Waals surface area contributed by atoms with Gasteiger partial charge in [-0.15, -0.1) is 0 Å². The molecule has 0 fully saturated rings. The van der Waals surface area contributed by atoms with Gasteiger partial charge in [-0.05, 0) is 53.6 Å². The fourth-order valence-corrected chi connectivity index (χ4v) is 2.68. The SMILES string of the molecule is CCc1ccc(NC(=O)CN(C)Cc2ccsc2)cc1. The molecule has 1 aromatic carbocycles. The van der Waals surface area contributed by atoms with Crippen LogP contribution in [0.25, 0.3) is 0 Å². The zero-order chi connectivity index (χ0) is 14.4. The van der Waals surface area contributed by atoms with Crippen LogP contribution in [0.15, 0.2) is 41.1 Å². The second-order valence-corrected chi connectivity index (χ2v) is 5.68. The zero-order valence-electron chi connectivity index (χ0n) is 11.9. The number of likely N-dealkylation sites (N-methyl/N-ethyl adjacent to an activating group) is 1. The highest BCUT2D eigenvalue weighted by atomic mass is 32.1. The molecular formula is C16H20N2OS. The molecule has 0 bridgehead atoms. The van der Waals surface area contributed by atoms with Crippen LogP contribution in [0.4, 0.5) is 5.69 Å². The van der Waals surface area contributed by atoms with E-state index in [-0.39, 0.29) is 5.91 Å². The first kappa shape index (κ1) is 14.8. The van der Waals surface area contributed by atoms with Crippen LogP contribution in [0, 0.1) is 0 Å². The van der Waals surface area contributed by atoms with Gasteiger partial charge in [0.25, 0.3) is 0 Å². The lowest BCUT2D eigenvalue weighted by molar-refractivity contribution is -0.117. The van der Waals surface area contributed by atoms with Gasteiger partial charge in [-0.1, -0.05) is 19.1 Å². The van der Waals surface area contributed by atoms with Gasteiger partial charge in [0.05, 0.1) is 6.54 Å². The van der Waals surface area contributed by atoms with E-state index in [4.69, 9.17) is 0 Å². The number of carbonyl (C=O) groups excluding carboxylic acids is 1. The number of hydrogen-bond acceptors (Lipinski definition) is 3. The van der Waals surface area contributed by atoms with Gasteiger partial charge in [0.2, 0.25) is 5.91 Å². The molecule has 0 spiro atoms. The smallest absolute Gasteiger partial charge is 0.238 e. The van der Waals surface area contributed by atoms with Gasteiger partial charge < -0.3 is 5.32 Å². The largest absolute Gasteiger partial charge is 0.325 e. The monoisotopic (exact) mass is 288 g/mol. The molecule has 0 aliphatic rings. The van der Waals surface area contributed by atoms with E-state index in [1.54, 1.807) is 11.3 Å². The van der Waals surface area contributed by atoms with Gasteiger partial charge >= 0.3 is 0 Å². The van der Waals surface area contributed by atoms with E-state index in [0.29, 0.717) is 6.54 Å². The predicted octanol–water partition coefficient (Wildman–Crippen LogP) is 3.38. The van der Waals surface area contributed by atoms with Gasteiger partial charge in [-0.25, -0.2) is 0 Å². The van der Waals surface area contributed by atoms with E-state index in [9.17, 15) is 4.79 Å². The minimum atomic E-state index is 0.0204. The molecule has 2 rings (SSSR count). The zero-order valence-corrected chi connectivity index (χ0v) is 12.7. The maximum absolute atomic E-state index is 12.0. The van der Waals surface area contributed by atoms with Gasteiger partial charge in [-0.3, -0.25) is 9.69 Å². The summed E-state index contributed by atoms with van der Waals surface area (Å²) < 4.78 is 0. The molecule has 0 aliphatic carbocycles. The molecule has 20 heavy (non-hydrogen) atoms. The fraction of sp³-hybridized carbons (Fsp3) is 0.312. The molecule has 0 unspecified atom stereocenters. The first-order valence-corrected chi connectivity index (χ1v) is 7.70. The van der Waals surface area contributed by atoms with Crippen molar-refractivity contribution in [3.05, 3.63) is 52.2 Å². The van der Waals surface area contributed by atoms with Crippen molar-refractivity contribution in [2.75, 3.05) is 18.9 Å². The number of nitrogens with one attached hydrogen (secondary N) is 1. The Balaban J connectivity index is 1.82. The minimum absolute atomic E-state index is 0.0204. The molecule has 0 saturated carbocycles. The quantitative estimate of drug-likeness (QED) is 0.884. The summed E-state index contributed by atoms with van der Waals surface area (Å²) in [6.45, 7) is 3.31. The Kier molecular flexibility index (Phi) is 5.32. The number of hydrogen-bond donors (Lipinski definition) is 1. The number of carbonyl (C=O) groups is 1. The fourth-order valence-electron chi connectivity index (χ4n) is 2.02. The number of benzene rings is 1. The van der Waals surface area contributed by atoms with Crippen molar-refractivity contribution in [2.24, 2.45) is 0 Å². The number of thiophene rings is 1. The highest BCUT2D eigenvalue weighted by Crippen LogP contribution is 2.11. The predicted molar refractivity (Wildman–Crippen MR) is 85.1 cm³/mol.